The topological polar surface area (TPSA) is 52.8 Å². The molecule has 0 aliphatic carbocycles. The Bertz CT molecular complexity index is 618. The van der Waals surface area contributed by atoms with Crippen LogP contribution in [-0.2, 0) is 6.54 Å². The van der Waals surface area contributed by atoms with Gasteiger partial charge in [0.2, 0.25) is 0 Å². The van der Waals surface area contributed by atoms with Crippen molar-refractivity contribution in [1.82, 2.24) is 14.7 Å². The zero-order valence-corrected chi connectivity index (χ0v) is 18.3. The number of likely N-dealkylation sites (tertiary alicyclic amines) is 1. The number of rotatable bonds is 3. The molecule has 154 valence electrons. The summed E-state index contributed by atoms with van der Waals surface area (Å²) < 4.78 is 0. The molecule has 27 heavy (non-hydrogen) atoms. The van der Waals surface area contributed by atoms with E-state index in [4.69, 9.17) is 5.73 Å². The third-order valence-corrected chi connectivity index (χ3v) is 5.78. The van der Waals surface area contributed by atoms with Crippen molar-refractivity contribution >= 4 is 30.7 Å². The molecule has 1 aromatic rings. The van der Waals surface area contributed by atoms with E-state index in [0.717, 1.165) is 57.8 Å². The van der Waals surface area contributed by atoms with Crippen molar-refractivity contribution in [1.29, 1.82) is 0 Å². The minimum Gasteiger partial charge on any atom is -0.338 e. The number of piperidine rings is 1. The van der Waals surface area contributed by atoms with E-state index in [2.05, 4.69) is 42.8 Å². The molecule has 5 nitrogen and oxygen atoms in total. The molecular formula is C20H34Cl2N4O. The van der Waals surface area contributed by atoms with E-state index in [-0.39, 0.29) is 42.2 Å². The van der Waals surface area contributed by atoms with E-state index >= 15 is 0 Å². The van der Waals surface area contributed by atoms with E-state index in [1.54, 1.807) is 0 Å². The van der Waals surface area contributed by atoms with Gasteiger partial charge in [0.1, 0.15) is 0 Å². The van der Waals surface area contributed by atoms with Crippen molar-refractivity contribution < 1.29 is 4.79 Å². The van der Waals surface area contributed by atoms with E-state index in [1.165, 1.54) is 5.56 Å². The van der Waals surface area contributed by atoms with E-state index < -0.39 is 0 Å². The highest BCUT2D eigenvalue weighted by molar-refractivity contribution is 5.94. The lowest BCUT2D eigenvalue weighted by atomic mass is 9.79. The van der Waals surface area contributed by atoms with Gasteiger partial charge in [-0.25, -0.2) is 0 Å². The Morgan fingerprint density at radius 3 is 2.44 bits per heavy atom. The number of halogens is 2. The fourth-order valence-electron chi connectivity index (χ4n) is 3.80. The summed E-state index contributed by atoms with van der Waals surface area (Å²) in [6.07, 6.45) is 0.875. The largest absolute Gasteiger partial charge is 0.338 e. The third-order valence-electron chi connectivity index (χ3n) is 5.78. The molecule has 2 aliphatic heterocycles. The van der Waals surface area contributed by atoms with Gasteiger partial charge in [0, 0.05) is 57.4 Å². The summed E-state index contributed by atoms with van der Waals surface area (Å²) in [4.78, 5) is 19.7. The van der Waals surface area contributed by atoms with Gasteiger partial charge in [0.15, 0.2) is 0 Å². The molecule has 7 heteroatoms. The van der Waals surface area contributed by atoms with Crippen molar-refractivity contribution in [3.05, 3.63) is 35.4 Å². The highest BCUT2D eigenvalue weighted by Gasteiger charge is 2.35. The molecular weight excluding hydrogens is 383 g/mol. The van der Waals surface area contributed by atoms with Crippen molar-refractivity contribution in [2.24, 2.45) is 11.1 Å². The van der Waals surface area contributed by atoms with E-state index in [9.17, 15) is 4.79 Å². The first kappa shape index (κ1) is 24.2. The molecule has 0 bridgehead atoms. The van der Waals surface area contributed by atoms with Gasteiger partial charge >= 0.3 is 0 Å². The number of amides is 1. The van der Waals surface area contributed by atoms with Crippen molar-refractivity contribution in [2.75, 3.05) is 46.3 Å². The Hall–Kier alpha value is -0.850. The Kier molecular flexibility index (Phi) is 9.03. The molecule has 1 aromatic carbocycles. The lowest BCUT2D eigenvalue weighted by molar-refractivity contribution is 0.0533. The van der Waals surface area contributed by atoms with Crippen LogP contribution in [0, 0.1) is 5.41 Å². The first-order valence-electron chi connectivity index (χ1n) is 9.40. The van der Waals surface area contributed by atoms with Crippen LogP contribution in [0.1, 0.15) is 36.2 Å². The van der Waals surface area contributed by atoms with Crippen LogP contribution in [0.15, 0.2) is 24.3 Å². The van der Waals surface area contributed by atoms with Gasteiger partial charge in [-0.1, -0.05) is 26.0 Å². The molecule has 0 spiro atoms. The van der Waals surface area contributed by atoms with Crippen LogP contribution >= 0.6 is 24.8 Å². The fraction of sp³-hybridized carbons (Fsp3) is 0.650. The number of hydrogen-bond acceptors (Lipinski definition) is 4. The Morgan fingerprint density at radius 1 is 1.15 bits per heavy atom. The minimum atomic E-state index is -0.0225. The Morgan fingerprint density at radius 2 is 1.81 bits per heavy atom. The molecule has 0 aromatic heterocycles. The summed E-state index contributed by atoms with van der Waals surface area (Å²) in [5.74, 6) is 0.139. The predicted molar refractivity (Wildman–Crippen MR) is 116 cm³/mol. The second-order valence-corrected chi connectivity index (χ2v) is 8.39. The van der Waals surface area contributed by atoms with Crippen LogP contribution < -0.4 is 5.73 Å². The lowest BCUT2D eigenvalue weighted by Crippen LogP contribution is -2.54. The molecule has 2 fully saturated rings. The first-order valence-corrected chi connectivity index (χ1v) is 9.40. The van der Waals surface area contributed by atoms with Crippen LogP contribution in [0.5, 0.6) is 0 Å². The highest BCUT2D eigenvalue weighted by atomic mass is 35.5. The van der Waals surface area contributed by atoms with Gasteiger partial charge < -0.3 is 15.5 Å². The average Bonchev–Trinajstić information content (AvgIpc) is 2.59. The average molecular weight is 417 g/mol. The number of hydrogen-bond donors (Lipinski definition) is 1. The van der Waals surface area contributed by atoms with Gasteiger partial charge in [-0.15, -0.1) is 24.8 Å². The smallest absolute Gasteiger partial charge is 0.253 e. The fourth-order valence-corrected chi connectivity index (χ4v) is 3.80. The van der Waals surface area contributed by atoms with Crippen LogP contribution in [0.4, 0.5) is 0 Å². The van der Waals surface area contributed by atoms with Crippen LogP contribution in [0.25, 0.3) is 0 Å². The second kappa shape index (κ2) is 10.1. The number of carbonyl (C=O) groups is 1. The van der Waals surface area contributed by atoms with Crippen molar-refractivity contribution in [3.8, 4) is 0 Å². The maximum Gasteiger partial charge on any atom is 0.253 e. The summed E-state index contributed by atoms with van der Waals surface area (Å²) in [6, 6.07) is 8.32. The quantitative estimate of drug-likeness (QED) is 0.821. The summed E-state index contributed by atoms with van der Waals surface area (Å²) in [5, 5.41) is 0. The third kappa shape index (κ3) is 6.06. The zero-order valence-electron chi connectivity index (χ0n) is 16.7. The molecule has 1 atom stereocenters. The maximum atomic E-state index is 12.9. The van der Waals surface area contributed by atoms with Crippen LogP contribution in [0.3, 0.4) is 0 Å². The molecule has 1 amide bonds. The van der Waals surface area contributed by atoms with Gasteiger partial charge in [-0.3, -0.25) is 9.69 Å². The Labute approximate surface area is 176 Å². The van der Waals surface area contributed by atoms with Gasteiger partial charge in [-0.05, 0) is 36.6 Å². The lowest BCUT2D eigenvalue weighted by Gasteiger charge is -2.42. The van der Waals surface area contributed by atoms with Gasteiger partial charge in [0.25, 0.3) is 5.91 Å². The number of nitrogens with two attached hydrogens (primary N) is 1. The number of benzene rings is 1. The number of carbonyl (C=O) groups excluding carboxylic acids is 1. The van der Waals surface area contributed by atoms with Crippen molar-refractivity contribution in [3.63, 3.8) is 0 Å². The monoisotopic (exact) mass is 416 g/mol. The van der Waals surface area contributed by atoms with Crippen molar-refractivity contribution in [2.45, 2.75) is 32.9 Å². The van der Waals surface area contributed by atoms with Crippen LogP contribution in [-0.4, -0.2) is 73.0 Å². The molecule has 2 heterocycles. The molecule has 1 unspecified atom stereocenters. The normalized spacial score (nSPS) is 23.3. The minimum absolute atomic E-state index is 0. The van der Waals surface area contributed by atoms with E-state index in [1.807, 2.05) is 17.0 Å². The zero-order chi connectivity index (χ0) is 18.0. The second-order valence-electron chi connectivity index (χ2n) is 8.39. The summed E-state index contributed by atoms with van der Waals surface area (Å²) >= 11 is 0. The Balaban J connectivity index is 0.00000182. The number of nitrogens with zero attached hydrogens (tertiary/aromatic N) is 3. The molecule has 0 saturated carbocycles. The van der Waals surface area contributed by atoms with E-state index in [0.29, 0.717) is 0 Å². The molecule has 0 radical (unpaired) electrons. The summed E-state index contributed by atoms with van der Waals surface area (Å²) in [5.41, 5.74) is 8.21. The number of piperazine rings is 1. The van der Waals surface area contributed by atoms with Gasteiger partial charge in [-0.2, -0.15) is 0 Å². The van der Waals surface area contributed by atoms with Gasteiger partial charge in [0.05, 0.1) is 0 Å². The SMILES string of the molecule is CN1CCN(Cc2cccc(C(=O)N3CCC(N)C(C)(C)C3)c2)CC1.Cl.Cl. The summed E-state index contributed by atoms with van der Waals surface area (Å²) in [7, 11) is 2.17. The molecule has 2 saturated heterocycles. The maximum absolute atomic E-state index is 12.9. The molecule has 3 rings (SSSR count). The molecule has 2 aliphatic rings. The summed E-state index contributed by atoms with van der Waals surface area (Å²) in [6.45, 7) is 11.1. The standard InChI is InChI=1S/C20H32N4O.2ClH/c1-20(2)15-24(8-7-18(20)21)19(25)17-6-4-5-16(13-17)14-23-11-9-22(3)10-12-23;;/h4-6,13,18H,7-12,14-15,21H2,1-3H3;2*1H. The predicted octanol–water partition coefficient (Wildman–Crippen LogP) is 2.48. The van der Waals surface area contributed by atoms with Crippen LogP contribution in [0.2, 0.25) is 0 Å². The molecule has 2 N–H and O–H groups in total. The number of likely N-dealkylation sites (N-methyl/N-ethyl adjacent to an activating group) is 1. The first-order chi connectivity index (χ1) is 11.8. The highest BCUT2D eigenvalue weighted by Crippen LogP contribution is 2.28.